The number of nitrogens with one attached hydrogen (secondary N) is 2. The van der Waals surface area contributed by atoms with Gasteiger partial charge in [0.1, 0.15) is 23.2 Å². The maximum atomic E-state index is 14.8. The molecule has 1 aliphatic rings. The first-order valence-corrected chi connectivity index (χ1v) is 14.2. The van der Waals surface area contributed by atoms with Crippen LogP contribution in [0.3, 0.4) is 0 Å². The zero-order valence-electron chi connectivity index (χ0n) is 22.6. The van der Waals surface area contributed by atoms with Crippen LogP contribution >= 0.6 is 11.6 Å². The Bertz CT molecular complexity index is 1260. The number of aromatic amines is 1. The lowest BCUT2D eigenvalue weighted by atomic mass is 9.87. The van der Waals surface area contributed by atoms with Gasteiger partial charge < -0.3 is 20.1 Å². The smallest absolute Gasteiger partial charge is 0.294 e. The highest BCUT2D eigenvalue weighted by atomic mass is 35.5. The second kappa shape index (κ2) is 13.3. The molecule has 3 N–H and O–H groups in total. The van der Waals surface area contributed by atoms with E-state index < -0.39 is 17.3 Å². The molecule has 0 atom stereocenters. The van der Waals surface area contributed by atoms with Crippen LogP contribution in [0.1, 0.15) is 88.1 Å². The molecule has 1 aromatic carbocycles. The quantitative estimate of drug-likeness (QED) is 0.212. The number of carbonyl (C=O) groups excluding carboxylic acids is 1. The number of carbonyl (C=O) groups is 1. The average molecular weight is 558 g/mol. The molecule has 0 unspecified atom stereocenters. The number of hydrogen-bond acceptors (Lipinski definition) is 6. The van der Waals surface area contributed by atoms with Crippen molar-refractivity contribution in [2.24, 2.45) is 5.92 Å². The van der Waals surface area contributed by atoms with Gasteiger partial charge in [-0.2, -0.15) is 0 Å². The standard InChI is InChI=1S/C29H37ClFN5O3/c1-3-29(38,4-2)13-8-14-39-20-11-12-24(31)22(16-20)21-17-25(32-18-23(21)30)34-28(37)27-33-26(35-36-27)15-19-9-6-5-7-10-19/h11-12,16-19,38H,3-10,13-15H2,1-2H3,(H,32,34,37)(H,33,35,36). The van der Waals surface area contributed by atoms with Crippen LogP contribution in [0.4, 0.5) is 10.2 Å². The number of hydrogen-bond donors (Lipinski definition) is 3. The number of pyridine rings is 1. The molecular weight excluding hydrogens is 521 g/mol. The van der Waals surface area contributed by atoms with E-state index in [2.05, 4.69) is 25.5 Å². The van der Waals surface area contributed by atoms with Crippen LogP contribution in [0.25, 0.3) is 11.1 Å². The van der Waals surface area contributed by atoms with E-state index in [1.807, 2.05) is 13.8 Å². The minimum atomic E-state index is -0.689. The molecule has 10 heteroatoms. The fourth-order valence-corrected chi connectivity index (χ4v) is 5.25. The van der Waals surface area contributed by atoms with Gasteiger partial charge in [0.15, 0.2) is 0 Å². The van der Waals surface area contributed by atoms with Crippen molar-refractivity contribution in [1.29, 1.82) is 0 Å². The van der Waals surface area contributed by atoms with Crippen molar-refractivity contribution in [1.82, 2.24) is 20.2 Å². The van der Waals surface area contributed by atoms with E-state index in [0.717, 1.165) is 6.42 Å². The zero-order valence-corrected chi connectivity index (χ0v) is 23.4. The highest BCUT2D eigenvalue weighted by molar-refractivity contribution is 6.33. The van der Waals surface area contributed by atoms with E-state index in [9.17, 15) is 14.3 Å². The van der Waals surface area contributed by atoms with E-state index in [0.29, 0.717) is 55.3 Å². The van der Waals surface area contributed by atoms with Gasteiger partial charge in [-0.1, -0.05) is 57.6 Å². The highest BCUT2D eigenvalue weighted by Gasteiger charge is 2.22. The lowest BCUT2D eigenvalue weighted by Crippen LogP contribution is -2.26. The van der Waals surface area contributed by atoms with Crippen molar-refractivity contribution in [3.05, 3.63) is 53.0 Å². The van der Waals surface area contributed by atoms with Gasteiger partial charge in [0.05, 0.1) is 17.2 Å². The summed E-state index contributed by atoms with van der Waals surface area (Å²) in [6, 6.07) is 5.96. The molecule has 0 saturated heterocycles. The second-order valence-electron chi connectivity index (χ2n) is 10.4. The molecule has 8 nitrogen and oxygen atoms in total. The molecule has 1 fully saturated rings. The van der Waals surface area contributed by atoms with Gasteiger partial charge in [-0.3, -0.25) is 4.79 Å². The summed E-state index contributed by atoms with van der Waals surface area (Å²) in [5, 5.41) is 21.5. The average Bonchev–Trinajstić information content (AvgIpc) is 3.42. The molecule has 4 rings (SSSR count). The van der Waals surface area contributed by atoms with Crippen molar-refractivity contribution in [3.63, 3.8) is 0 Å². The van der Waals surface area contributed by atoms with Gasteiger partial charge in [-0.15, -0.1) is 10.2 Å². The number of ether oxygens (including phenoxy) is 1. The lowest BCUT2D eigenvalue weighted by Gasteiger charge is -2.24. The first-order chi connectivity index (χ1) is 18.8. The lowest BCUT2D eigenvalue weighted by molar-refractivity contribution is 0.0185. The summed E-state index contributed by atoms with van der Waals surface area (Å²) < 4.78 is 20.7. The number of halogens is 2. The largest absolute Gasteiger partial charge is 0.494 e. The van der Waals surface area contributed by atoms with Crippen LogP contribution in [-0.4, -0.2) is 43.4 Å². The fourth-order valence-electron chi connectivity index (χ4n) is 5.04. The third kappa shape index (κ3) is 7.76. The van der Waals surface area contributed by atoms with Gasteiger partial charge in [-0.05, 0) is 55.9 Å². The van der Waals surface area contributed by atoms with Gasteiger partial charge in [0.25, 0.3) is 5.91 Å². The number of H-pyrrole nitrogens is 1. The van der Waals surface area contributed by atoms with Crippen LogP contribution in [0.2, 0.25) is 5.02 Å². The summed E-state index contributed by atoms with van der Waals surface area (Å²) in [6.07, 6.45) is 10.9. The number of aliphatic hydroxyl groups is 1. The number of rotatable bonds is 12. The van der Waals surface area contributed by atoms with Gasteiger partial charge >= 0.3 is 0 Å². The van der Waals surface area contributed by atoms with Crippen molar-refractivity contribution < 1.29 is 19.0 Å². The van der Waals surface area contributed by atoms with E-state index in [4.69, 9.17) is 16.3 Å². The van der Waals surface area contributed by atoms with Crippen LogP contribution < -0.4 is 10.1 Å². The van der Waals surface area contributed by atoms with Gasteiger partial charge in [-0.25, -0.2) is 9.37 Å². The SMILES string of the molecule is CCC(O)(CC)CCCOc1ccc(F)c(-c2cc(NC(=O)c3nnc(CC4CCCCC4)[nH]3)ncc2Cl)c1. The minimum Gasteiger partial charge on any atom is -0.494 e. The van der Waals surface area contributed by atoms with Crippen LogP contribution in [0, 0.1) is 11.7 Å². The summed E-state index contributed by atoms with van der Waals surface area (Å²) in [6.45, 7) is 4.32. The Hall–Kier alpha value is -3.04. The topological polar surface area (TPSA) is 113 Å². The maximum Gasteiger partial charge on any atom is 0.294 e. The Morgan fingerprint density at radius 2 is 1.95 bits per heavy atom. The molecule has 1 saturated carbocycles. The van der Waals surface area contributed by atoms with E-state index >= 15 is 0 Å². The molecule has 210 valence electrons. The number of benzene rings is 1. The Morgan fingerprint density at radius 1 is 1.18 bits per heavy atom. The van der Waals surface area contributed by atoms with Crippen LogP contribution in [0.5, 0.6) is 5.75 Å². The summed E-state index contributed by atoms with van der Waals surface area (Å²) in [7, 11) is 0. The molecule has 2 aromatic heterocycles. The molecule has 2 heterocycles. The van der Waals surface area contributed by atoms with Crippen molar-refractivity contribution in [2.45, 2.75) is 83.7 Å². The predicted octanol–water partition coefficient (Wildman–Crippen LogP) is 6.74. The zero-order chi connectivity index (χ0) is 27.8. The molecule has 0 radical (unpaired) electrons. The van der Waals surface area contributed by atoms with Gasteiger partial charge in [0, 0.05) is 23.7 Å². The number of anilines is 1. The fraction of sp³-hybridized carbons (Fsp3) is 0.517. The minimum absolute atomic E-state index is 0.0960. The number of aromatic nitrogens is 4. The second-order valence-corrected chi connectivity index (χ2v) is 10.8. The van der Waals surface area contributed by atoms with Gasteiger partial charge in [0.2, 0.25) is 5.82 Å². The predicted molar refractivity (Wildman–Crippen MR) is 150 cm³/mol. The molecule has 1 aliphatic carbocycles. The van der Waals surface area contributed by atoms with E-state index in [1.54, 1.807) is 12.1 Å². The number of amides is 1. The third-order valence-electron chi connectivity index (χ3n) is 7.65. The first kappa shape index (κ1) is 29.0. The summed E-state index contributed by atoms with van der Waals surface area (Å²) in [4.78, 5) is 20.0. The van der Waals surface area contributed by atoms with Crippen molar-refractivity contribution in [2.75, 3.05) is 11.9 Å². The Morgan fingerprint density at radius 3 is 2.69 bits per heavy atom. The third-order valence-corrected chi connectivity index (χ3v) is 7.95. The van der Waals surface area contributed by atoms with E-state index in [1.165, 1.54) is 50.4 Å². The maximum absolute atomic E-state index is 14.8. The van der Waals surface area contributed by atoms with Crippen LogP contribution in [0.15, 0.2) is 30.5 Å². The highest BCUT2D eigenvalue weighted by Crippen LogP contribution is 2.34. The van der Waals surface area contributed by atoms with E-state index in [-0.39, 0.29) is 22.2 Å². The summed E-state index contributed by atoms with van der Waals surface area (Å²) in [5.41, 5.74) is -0.0963. The molecule has 1 amide bonds. The van der Waals surface area contributed by atoms with Crippen molar-refractivity contribution in [3.8, 4) is 16.9 Å². The summed E-state index contributed by atoms with van der Waals surface area (Å²) >= 11 is 6.37. The Balaban J connectivity index is 1.41. The number of nitrogens with zero attached hydrogens (tertiary/aromatic N) is 3. The molecular formula is C29H37ClFN5O3. The Labute approximate surface area is 233 Å². The normalized spacial score (nSPS) is 14.4. The first-order valence-electron chi connectivity index (χ1n) is 13.8. The molecule has 0 bridgehead atoms. The Kier molecular flexibility index (Phi) is 9.91. The molecule has 3 aromatic rings. The molecule has 39 heavy (non-hydrogen) atoms. The van der Waals surface area contributed by atoms with Crippen LogP contribution in [-0.2, 0) is 6.42 Å². The monoisotopic (exact) mass is 557 g/mol. The molecule has 0 aliphatic heterocycles. The van der Waals surface area contributed by atoms with Crippen molar-refractivity contribution >= 4 is 23.3 Å². The molecule has 0 spiro atoms. The summed E-state index contributed by atoms with van der Waals surface area (Å²) in [5.74, 6) is 1.07.